The summed E-state index contributed by atoms with van der Waals surface area (Å²) < 4.78 is 23.3. The highest BCUT2D eigenvalue weighted by Gasteiger charge is 2.30. The van der Waals surface area contributed by atoms with E-state index in [0.29, 0.717) is 13.1 Å². The van der Waals surface area contributed by atoms with E-state index in [0.717, 1.165) is 31.2 Å². The van der Waals surface area contributed by atoms with Crippen LogP contribution in [0.4, 0.5) is 5.69 Å². The van der Waals surface area contributed by atoms with Gasteiger partial charge in [0, 0.05) is 43.1 Å². The van der Waals surface area contributed by atoms with Gasteiger partial charge in [-0.25, -0.2) is 8.42 Å². The normalized spacial score (nSPS) is 17.7. The Morgan fingerprint density at radius 3 is 2.61 bits per heavy atom. The fraction of sp³-hybridized carbons (Fsp3) is 0.462. The number of sulfone groups is 1. The highest BCUT2D eigenvalue weighted by atomic mass is 35.5. The van der Waals surface area contributed by atoms with Gasteiger partial charge >= 0.3 is 0 Å². The average Bonchev–Trinajstić information content (AvgIpc) is 2.93. The molecule has 0 radical (unpaired) electrons. The molecule has 1 unspecified atom stereocenters. The van der Waals surface area contributed by atoms with Gasteiger partial charge in [-0.1, -0.05) is 0 Å². The van der Waals surface area contributed by atoms with E-state index >= 15 is 0 Å². The van der Waals surface area contributed by atoms with Crippen LogP contribution in [0.1, 0.15) is 23.2 Å². The molecule has 1 saturated heterocycles. The van der Waals surface area contributed by atoms with Gasteiger partial charge in [0.1, 0.15) is 0 Å². The number of rotatable bonds is 4. The second-order valence-electron chi connectivity index (χ2n) is 5.28. The number of nitro groups is 1. The number of non-ortho nitro benzene ring substituents is 1. The van der Waals surface area contributed by atoms with Crippen LogP contribution in [0.3, 0.4) is 0 Å². The maximum Gasteiger partial charge on any atom is 0.271 e. The predicted octanol–water partition coefficient (Wildman–Crippen LogP) is 0.983. The Hall–Kier alpha value is -1.71. The number of hydrogen-bond acceptors (Lipinski definition) is 6. The lowest BCUT2D eigenvalue weighted by atomic mass is 10.1. The first-order valence-electron chi connectivity index (χ1n) is 6.74. The summed E-state index contributed by atoms with van der Waals surface area (Å²) in [6, 6.07) is 3.11. The topological polar surface area (TPSA) is 124 Å². The molecule has 2 rings (SSSR count). The van der Waals surface area contributed by atoms with Gasteiger partial charge in [-0.3, -0.25) is 14.9 Å². The fourth-order valence-electron chi connectivity index (χ4n) is 2.54. The molecule has 1 aromatic rings. The molecule has 1 amide bonds. The molecule has 0 saturated carbocycles. The van der Waals surface area contributed by atoms with E-state index < -0.39 is 26.4 Å². The Labute approximate surface area is 140 Å². The number of benzene rings is 1. The summed E-state index contributed by atoms with van der Waals surface area (Å²) in [6.07, 6.45) is 2.52. The SMILES string of the molecule is CS(=O)(=O)c1cc(C(=O)N2CCCC2CN)cc([N+](=O)[O-])c1.Cl. The number of nitrogens with zero attached hydrogens (tertiary/aromatic N) is 2. The molecule has 0 aliphatic carbocycles. The van der Waals surface area contributed by atoms with Crippen LogP contribution < -0.4 is 5.73 Å². The van der Waals surface area contributed by atoms with Crippen LogP contribution >= 0.6 is 12.4 Å². The van der Waals surface area contributed by atoms with Gasteiger partial charge in [0.05, 0.1) is 9.82 Å². The number of amides is 1. The van der Waals surface area contributed by atoms with Crippen molar-refractivity contribution < 1.29 is 18.1 Å². The molecule has 1 heterocycles. The number of nitro benzene ring substituents is 1. The minimum absolute atomic E-state index is 0. The Morgan fingerprint density at radius 2 is 2.09 bits per heavy atom. The first-order valence-corrected chi connectivity index (χ1v) is 8.63. The summed E-state index contributed by atoms with van der Waals surface area (Å²) in [5.74, 6) is -0.429. The summed E-state index contributed by atoms with van der Waals surface area (Å²) in [6.45, 7) is 0.817. The number of carbonyl (C=O) groups excluding carboxylic acids is 1. The number of likely N-dealkylation sites (tertiary alicyclic amines) is 1. The summed E-state index contributed by atoms with van der Waals surface area (Å²) in [5, 5.41) is 11.0. The van der Waals surface area contributed by atoms with Crippen molar-refractivity contribution >= 4 is 33.8 Å². The van der Waals surface area contributed by atoms with Gasteiger partial charge in [-0.2, -0.15) is 0 Å². The molecule has 8 nitrogen and oxygen atoms in total. The van der Waals surface area contributed by atoms with E-state index in [9.17, 15) is 23.3 Å². The molecule has 23 heavy (non-hydrogen) atoms. The molecule has 1 fully saturated rings. The molecule has 1 atom stereocenters. The third kappa shape index (κ3) is 4.18. The second-order valence-corrected chi connectivity index (χ2v) is 7.29. The zero-order valence-corrected chi connectivity index (χ0v) is 14.1. The zero-order valence-electron chi connectivity index (χ0n) is 12.5. The van der Waals surface area contributed by atoms with E-state index in [1.807, 2.05) is 0 Å². The molecule has 1 aromatic carbocycles. The van der Waals surface area contributed by atoms with Crippen LogP contribution in [0.15, 0.2) is 23.1 Å². The van der Waals surface area contributed by atoms with Crippen molar-refractivity contribution in [3.63, 3.8) is 0 Å². The van der Waals surface area contributed by atoms with E-state index in [1.54, 1.807) is 4.90 Å². The molecule has 0 spiro atoms. The zero-order chi connectivity index (χ0) is 16.5. The maximum absolute atomic E-state index is 12.5. The molecule has 128 valence electrons. The molecule has 0 bridgehead atoms. The smallest absolute Gasteiger partial charge is 0.271 e. The molecule has 0 aromatic heterocycles. The van der Waals surface area contributed by atoms with Gasteiger partial charge in [-0.15, -0.1) is 12.4 Å². The van der Waals surface area contributed by atoms with Gasteiger partial charge < -0.3 is 10.6 Å². The standard InChI is InChI=1S/C13H17N3O5S.ClH/c1-22(20,21)12-6-9(5-11(7-12)16(18)19)13(17)15-4-2-3-10(15)8-14;/h5-7,10H,2-4,8,14H2,1H3;1H. The molecule has 1 aliphatic rings. The van der Waals surface area contributed by atoms with Gasteiger partial charge in [0.25, 0.3) is 11.6 Å². The van der Waals surface area contributed by atoms with Gasteiger partial charge in [-0.05, 0) is 18.9 Å². The van der Waals surface area contributed by atoms with Gasteiger partial charge in [0.15, 0.2) is 9.84 Å². The predicted molar refractivity (Wildman–Crippen MR) is 86.6 cm³/mol. The maximum atomic E-state index is 12.5. The van der Waals surface area contributed by atoms with Crippen molar-refractivity contribution in [1.82, 2.24) is 4.90 Å². The van der Waals surface area contributed by atoms with Crippen LogP contribution in [-0.4, -0.2) is 49.5 Å². The largest absolute Gasteiger partial charge is 0.334 e. The lowest BCUT2D eigenvalue weighted by Gasteiger charge is -2.23. The van der Waals surface area contributed by atoms with E-state index in [-0.39, 0.29) is 28.9 Å². The summed E-state index contributed by atoms with van der Waals surface area (Å²) in [5.41, 5.74) is 5.19. The average molecular weight is 364 g/mol. The first-order chi connectivity index (χ1) is 10.2. The minimum Gasteiger partial charge on any atom is -0.334 e. The fourth-order valence-corrected chi connectivity index (χ4v) is 3.22. The first kappa shape index (κ1) is 19.3. The Kier molecular flexibility index (Phi) is 6.09. The van der Waals surface area contributed by atoms with Crippen LogP contribution in [0, 0.1) is 10.1 Å². The van der Waals surface area contributed by atoms with Crippen LogP contribution in [0.2, 0.25) is 0 Å². The molecule has 10 heteroatoms. The van der Waals surface area contributed by atoms with Crippen molar-refractivity contribution in [2.45, 2.75) is 23.8 Å². The minimum atomic E-state index is -3.66. The van der Waals surface area contributed by atoms with Crippen LogP contribution in [0.25, 0.3) is 0 Å². The quantitative estimate of drug-likeness (QED) is 0.628. The van der Waals surface area contributed by atoms with Crippen molar-refractivity contribution in [2.75, 3.05) is 19.3 Å². The third-order valence-corrected chi connectivity index (χ3v) is 4.78. The molecule has 2 N–H and O–H groups in total. The Bertz CT molecular complexity index is 722. The lowest BCUT2D eigenvalue weighted by molar-refractivity contribution is -0.385. The van der Waals surface area contributed by atoms with E-state index in [1.165, 1.54) is 6.07 Å². The summed E-state index contributed by atoms with van der Waals surface area (Å²) >= 11 is 0. The van der Waals surface area contributed by atoms with Crippen molar-refractivity contribution in [2.24, 2.45) is 5.73 Å². The lowest BCUT2D eigenvalue weighted by Crippen LogP contribution is -2.40. The Morgan fingerprint density at radius 1 is 1.43 bits per heavy atom. The number of nitrogens with two attached hydrogens (primary N) is 1. The van der Waals surface area contributed by atoms with Crippen molar-refractivity contribution in [1.29, 1.82) is 0 Å². The van der Waals surface area contributed by atoms with E-state index in [4.69, 9.17) is 5.73 Å². The van der Waals surface area contributed by atoms with Gasteiger partial charge in [0.2, 0.25) is 0 Å². The van der Waals surface area contributed by atoms with Crippen LogP contribution in [0.5, 0.6) is 0 Å². The highest BCUT2D eigenvalue weighted by molar-refractivity contribution is 7.90. The summed E-state index contributed by atoms with van der Waals surface area (Å²) in [4.78, 5) is 24.1. The van der Waals surface area contributed by atoms with E-state index in [2.05, 4.69) is 0 Å². The summed E-state index contributed by atoms with van der Waals surface area (Å²) in [7, 11) is -3.66. The van der Waals surface area contributed by atoms with Crippen molar-refractivity contribution in [3.05, 3.63) is 33.9 Å². The monoisotopic (exact) mass is 363 g/mol. The van der Waals surface area contributed by atoms with Crippen LogP contribution in [-0.2, 0) is 9.84 Å². The molecular formula is C13H18ClN3O5S. The number of halogens is 1. The molecular weight excluding hydrogens is 346 g/mol. The van der Waals surface area contributed by atoms with Crippen molar-refractivity contribution in [3.8, 4) is 0 Å². The number of hydrogen-bond donors (Lipinski definition) is 1. The Balaban J connectivity index is 0.00000264. The molecule has 1 aliphatic heterocycles. The number of carbonyl (C=O) groups is 1. The third-order valence-electron chi connectivity index (χ3n) is 3.69. The second kappa shape index (κ2) is 7.24. The highest BCUT2D eigenvalue weighted by Crippen LogP contribution is 2.25.